The van der Waals surface area contributed by atoms with Gasteiger partial charge in [0.05, 0.1) is 5.75 Å². The highest BCUT2D eigenvalue weighted by atomic mass is 35.5. The minimum Gasteiger partial charge on any atom is -0.341 e. The minimum absolute atomic E-state index is 0.0748. The number of hydrogen-bond acceptors (Lipinski definition) is 5. The first-order chi connectivity index (χ1) is 14.5. The van der Waals surface area contributed by atoms with Crippen molar-refractivity contribution < 1.29 is 18.7 Å². The first-order valence-corrected chi connectivity index (χ1v) is 12.7. The number of urea groups is 1. The molecule has 2 fully saturated rings. The maximum absolute atomic E-state index is 13.3. The number of rotatable bonds is 4. The summed E-state index contributed by atoms with van der Waals surface area (Å²) in [5.74, 6) is 0.315. The third kappa shape index (κ3) is 6.04. The Morgan fingerprint density at radius 1 is 1.13 bits per heavy atom. The van der Waals surface area contributed by atoms with Gasteiger partial charge in [-0.15, -0.1) is 10.8 Å². The number of hydrogen-bond donors (Lipinski definition) is 4. The number of likely N-dealkylation sites (tertiary alicyclic amines) is 1. The normalized spacial score (nSPS) is 22.1. The number of carbonyl (C=O) groups is 2. The molecule has 0 bridgehead atoms. The van der Waals surface area contributed by atoms with E-state index in [0.29, 0.717) is 48.9 Å². The van der Waals surface area contributed by atoms with Crippen molar-refractivity contribution in [1.29, 1.82) is 0 Å². The van der Waals surface area contributed by atoms with E-state index in [4.69, 9.17) is 11.6 Å². The Morgan fingerprint density at radius 3 is 2.26 bits per heavy atom. The molecule has 0 saturated carbocycles. The van der Waals surface area contributed by atoms with Crippen LogP contribution < -0.4 is 10.6 Å². The third-order valence-electron chi connectivity index (χ3n) is 5.85. The van der Waals surface area contributed by atoms with Crippen molar-refractivity contribution in [3.05, 3.63) is 29.3 Å². The molecule has 0 unspecified atom stereocenters. The van der Waals surface area contributed by atoms with Crippen LogP contribution in [0.5, 0.6) is 0 Å². The molecule has 4 N–H and O–H groups in total. The largest absolute Gasteiger partial charge is 0.341 e. The molecule has 0 aliphatic carbocycles. The molecule has 0 aromatic heterocycles. The second-order valence-electron chi connectivity index (χ2n) is 9.29. The van der Waals surface area contributed by atoms with Crippen LogP contribution in [0.15, 0.2) is 24.3 Å². The monoisotopic (exact) mass is 472 g/mol. The molecular weight excluding hydrogens is 440 g/mol. The molecule has 2 aliphatic rings. The topological polar surface area (TPSA) is 105 Å². The van der Waals surface area contributed by atoms with Crippen molar-refractivity contribution in [3.8, 4) is 0 Å². The molecule has 3 rings (SSSR count). The van der Waals surface area contributed by atoms with Gasteiger partial charge in [0, 0.05) is 36.4 Å². The van der Waals surface area contributed by atoms with Crippen molar-refractivity contribution in [3.63, 3.8) is 0 Å². The second-order valence-corrected chi connectivity index (χ2v) is 11.9. The lowest BCUT2D eigenvalue weighted by molar-refractivity contribution is -0.137. The fourth-order valence-corrected chi connectivity index (χ4v) is 6.12. The Morgan fingerprint density at radius 2 is 1.74 bits per heavy atom. The average Bonchev–Trinajstić information content (AvgIpc) is 3.06. The van der Waals surface area contributed by atoms with Crippen molar-refractivity contribution in [1.82, 2.24) is 14.5 Å². The summed E-state index contributed by atoms with van der Waals surface area (Å²) in [6.07, 6.45) is 2.17. The number of halogens is 1. The van der Waals surface area contributed by atoms with Crippen LogP contribution in [0.3, 0.4) is 0 Å². The maximum Gasteiger partial charge on any atom is 0.319 e. The van der Waals surface area contributed by atoms with E-state index in [2.05, 4.69) is 10.6 Å². The van der Waals surface area contributed by atoms with Crippen LogP contribution in [0.25, 0.3) is 0 Å². The maximum atomic E-state index is 13.3. The van der Waals surface area contributed by atoms with Crippen LogP contribution in [0, 0.1) is 5.41 Å². The number of nitrogens with one attached hydrogen (secondary N) is 2. The van der Waals surface area contributed by atoms with E-state index in [-0.39, 0.29) is 11.9 Å². The van der Waals surface area contributed by atoms with Crippen molar-refractivity contribution >= 4 is 40.0 Å². The lowest BCUT2D eigenvalue weighted by atomic mass is 9.85. The zero-order chi connectivity index (χ0) is 22.8. The van der Waals surface area contributed by atoms with Crippen LogP contribution in [0.4, 0.5) is 10.5 Å². The van der Waals surface area contributed by atoms with Gasteiger partial charge in [-0.25, -0.2) is 9.10 Å². The Balaban J connectivity index is 1.60. The van der Waals surface area contributed by atoms with Gasteiger partial charge in [-0.05, 0) is 48.9 Å². The Hall–Kier alpha value is -1.52. The van der Waals surface area contributed by atoms with Crippen LogP contribution in [-0.2, 0) is 4.79 Å². The van der Waals surface area contributed by atoms with E-state index in [1.165, 1.54) is 0 Å². The van der Waals surface area contributed by atoms with Gasteiger partial charge in [0.2, 0.25) is 5.91 Å². The second kappa shape index (κ2) is 9.54. The van der Waals surface area contributed by atoms with Crippen molar-refractivity contribution in [2.45, 2.75) is 52.1 Å². The lowest BCUT2D eigenvalue weighted by Crippen LogP contribution is -2.57. The van der Waals surface area contributed by atoms with Crippen LogP contribution in [0.1, 0.15) is 40.0 Å². The van der Waals surface area contributed by atoms with Gasteiger partial charge >= 0.3 is 6.03 Å². The quantitative estimate of drug-likeness (QED) is 0.524. The molecule has 3 amide bonds. The molecule has 0 radical (unpaired) electrons. The van der Waals surface area contributed by atoms with E-state index < -0.39 is 28.3 Å². The molecule has 8 nitrogen and oxygen atoms in total. The van der Waals surface area contributed by atoms with Gasteiger partial charge in [-0.2, -0.15) is 0 Å². The van der Waals surface area contributed by atoms with E-state index in [9.17, 15) is 18.7 Å². The van der Waals surface area contributed by atoms with Gasteiger partial charge in [0.1, 0.15) is 6.04 Å². The van der Waals surface area contributed by atoms with Gasteiger partial charge in [0.15, 0.2) is 0 Å². The van der Waals surface area contributed by atoms with Gasteiger partial charge in [-0.3, -0.25) is 13.9 Å². The molecule has 2 aliphatic heterocycles. The van der Waals surface area contributed by atoms with Crippen molar-refractivity contribution in [2.24, 2.45) is 5.41 Å². The molecule has 1 atom stereocenters. The fourth-order valence-electron chi connectivity index (χ4n) is 4.14. The van der Waals surface area contributed by atoms with E-state index in [1.807, 2.05) is 25.1 Å². The van der Waals surface area contributed by atoms with Crippen LogP contribution in [-0.4, -0.2) is 67.7 Å². The smallest absolute Gasteiger partial charge is 0.319 e. The van der Waals surface area contributed by atoms with E-state index in [0.717, 1.165) is 6.42 Å². The zero-order valence-electron chi connectivity index (χ0n) is 18.3. The highest BCUT2D eigenvalue weighted by Gasteiger charge is 2.40. The highest BCUT2D eigenvalue weighted by molar-refractivity contribution is 8.22. The van der Waals surface area contributed by atoms with E-state index in [1.54, 1.807) is 29.2 Å². The summed E-state index contributed by atoms with van der Waals surface area (Å²) in [5, 5.41) is 6.16. The van der Waals surface area contributed by atoms with Gasteiger partial charge in [0.25, 0.3) is 0 Å². The minimum atomic E-state index is -2.66. The molecule has 2 saturated heterocycles. The number of nitrogens with zero attached hydrogens (tertiary/aromatic N) is 2. The number of carbonyl (C=O) groups excluding carboxylic acids is 2. The Bertz CT molecular complexity index is 792. The number of piperidine rings is 1. The highest BCUT2D eigenvalue weighted by Crippen LogP contribution is 2.51. The Labute approximate surface area is 190 Å². The molecule has 1 aromatic rings. The fraction of sp³-hybridized carbons (Fsp3) is 0.619. The average molecular weight is 473 g/mol. The van der Waals surface area contributed by atoms with Crippen LogP contribution in [0.2, 0.25) is 5.02 Å². The predicted molar refractivity (Wildman–Crippen MR) is 125 cm³/mol. The SMILES string of the molecule is CC(C)(C)[C@@H](NC(=O)Nc1ccc(Cl)cc1)C(=O)N1CCC(N2CCCS2(O)O)CC1. The first-order valence-electron chi connectivity index (χ1n) is 10.6. The summed E-state index contributed by atoms with van der Waals surface area (Å²) < 4.78 is 22.3. The molecule has 1 aromatic carbocycles. The van der Waals surface area contributed by atoms with Crippen molar-refractivity contribution in [2.75, 3.05) is 30.7 Å². The molecule has 174 valence electrons. The van der Waals surface area contributed by atoms with E-state index >= 15 is 0 Å². The summed E-state index contributed by atoms with van der Waals surface area (Å²) in [7, 11) is -2.66. The number of anilines is 1. The predicted octanol–water partition coefficient (Wildman–Crippen LogP) is 4.24. The molecule has 0 spiro atoms. The van der Waals surface area contributed by atoms with Gasteiger partial charge in [-0.1, -0.05) is 32.4 Å². The Kier molecular flexibility index (Phi) is 7.43. The molecular formula is C21H33ClN4O4S. The zero-order valence-corrected chi connectivity index (χ0v) is 19.9. The third-order valence-corrected chi connectivity index (χ3v) is 8.17. The summed E-state index contributed by atoms with van der Waals surface area (Å²) in [6, 6.07) is 5.70. The summed E-state index contributed by atoms with van der Waals surface area (Å²) in [5.41, 5.74) is 0.114. The standard InChI is InChI=1S/C21H33ClN4O4S/c1-21(2,3)18(24-20(28)23-16-7-5-15(22)6-8-16)19(27)25-12-9-17(10-13-25)26-11-4-14-31(26,29)30/h5-8,17-18,29-30H,4,9-14H2,1-3H3,(H2,23,24,28)/t18-/m0/s1. The molecule has 10 heteroatoms. The molecule has 31 heavy (non-hydrogen) atoms. The van der Waals surface area contributed by atoms with Crippen LogP contribution >= 0.6 is 22.4 Å². The summed E-state index contributed by atoms with van der Waals surface area (Å²) in [6.45, 7) is 7.52. The number of amides is 3. The van der Waals surface area contributed by atoms with Gasteiger partial charge < -0.3 is 15.5 Å². The summed E-state index contributed by atoms with van der Waals surface area (Å²) in [4.78, 5) is 27.6. The summed E-state index contributed by atoms with van der Waals surface area (Å²) >= 11 is 5.88. The number of benzene rings is 1. The lowest BCUT2D eigenvalue weighted by Gasteiger charge is -2.45. The molecule has 2 heterocycles. The first kappa shape index (κ1) is 24.1.